The Balaban J connectivity index is 1.58. The molecule has 1 aliphatic rings. The van der Waals surface area contributed by atoms with E-state index in [2.05, 4.69) is 12.2 Å². The number of benzene rings is 1. The van der Waals surface area contributed by atoms with Gasteiger partial charge in [-0.1, -0.05) is 19.1 Å². The van der Waals surface area contributed by atoms with Gasteiger partial charge in [0.15, 0.2) is 0 Å². The van der Waals surface area contributed by atoms with Crippen LogP contribution in [0.25, 0.3) is 0 Å². The van der Waals surface area contributed by atoms with E-state index in [4.69, 9.17) is 4.98 Å². The average molecular weight is 334 g/mol. The van der Waals surface area contributed by atoms with E-state index in [0.29, 0.717) is 6.54 Å². The number of aliphatic hydroxyl groups excluding tert-OH is 1. The van der Waals surface area contributed by atoms with Gasteiger partial charge in [0.1, 0.15) is 10.8 Å². The summed E-state index contributed by atoms with van der Waals surface area (Å²) in [6.07, 6.45) is 2.79. The van der Waals surface area contributed by atoms with E-state index in [-0.39, 0.29) is 11.9 Å². The number of aliphatic hydroxyl groups is 1. The summed E-state index contributed by atoms with van der Waals surface area (Å²) in [6, 6.07) is 5.88. The number of aryl methyl sites for hydroxylation is 1. The monoisotopic (exact) mass is 334 g/mol. The summed E-state index contributed by atoms with van der Waals surface area (Å²) < 4.78 is 13.0. The van der Waals surface area contributed by atoms with Crippen LogP contribution < -0.4 is 5.32 Å². The van der Waals surface area contributed by atoms with Crippen LogP contribution in [0.5, 0.6) is 0 Å². The van der Waals surface area contributed by atoms with Crippen LogP contribution in [0.15, 0.2) is 24.3 Å². The Labute approximate surface area is 140 Å². The zero-order valence-electron chi connectivity index (χ0n) is 13.6. The van der Waals surface area contributed by atoms with Crippen LogP contribution in [0.1, 0.15) is 47.5 Å². The van der Waals surface area contributed by atoms with Crippen LogP contribution in [-0.2, 0) is 19.4 Å². The highest BCUT2D eigenvalue weighted by molar-refractivity contribution is 7.11. The second kappa shape index (κ2) is 7.07. The summed E-state index contributed by atoms with van der Waals surface area (Å²) >= 11 is 1.79. The normalized spacial score (nSPS) is 20.1. The first-order chi connectivity index (χ1) is 11.0. The largest absolute Gasteiger partial charge is 0.387 e. The van der Waals surface area contributed by atoms with E-state index in [1.54, 1.807) is 23.5 Å². The lowest BCUT2D eigenvalue weighted by atomic mass is 9.93. The second-order valence-electron chi connectivity index (χ2n) is 6.49. The molecule has 2 aromatic rings. The fourth-order valence-electron chi connectivity index (χ4n) is 2.98. The molecular formula is C18H23FN2OS. The van der Waals surface area contributed by atoms with E-state index >= 15 is 0 Å². The molecule has 3 rings (SSSR count). The Morgan fingerprint density at radius 2 is 2.13 bits per heavy atom. The van der Waals surface area contributed by atoms with Gasteiger partial charge in [-0.2, -0.15) is 0 Å². The van der Waals surface area contributed by atoms with Crippen molar-refractivity contribution in [3.63, 3.8) is 0 Å². The minimum Gasteiger partial charge on any atom is -0.387 e. The van der Waals surface area contributed by atoms with Crippen molar-refractivity contribution in [1.29, 1.82) is 0 Å². The molecule has 0 amide bonds. The van der Waals surface area contributed by atoms with Crippen LogP contribution in [0.4, 0.5) is 4.39 Å². The first-order valence-corrected chi connectivity index (χ1v) is 8.99. The average Bonchev–Trinajstić information content (AvgIpc) is 2.94. The predicted octanol–water partition coefficient (Wildman–Crippen LogP) is 3.62. The molecule has 23 heavy (non-hydrogen) atoms. The lowest BCUT2D eigenvalue weighted by molar-refractivity contribution is 0.135. The van der Waals surface area contributed by atoms with E-state index in [0.717, 1.165) is 29.3 Å². The molecule has 0 aliphatic heterocycles. The number of halogens is 1. The van der Waals surface area contributed by atoms with Crippen molar-refractivity contribution >= 4 is 11.3 Å². The zero-order valence-corrected chi connectivity index (χ0v) is 14.4. The van der Waals surface area contributed by atoms with Gasteiger partial charge in [0.25, 0.3) is 0 Å². The summed E-state index contributed by atoms with van der Waals surface area (Å²) in [6.45, 7) is 4.89. The van der Waals surface area contributed by atoms with Crippen molar-refractivity contribution in [1.82, 2.24) is 10.3 Å². The Morgan fingerprint density at radius 1 is 1.39 bits per heavy atom. The van der Waals surface area contributed by atoms with Gasteiger partial charge in [0, 0.05) is 17.5 Å². The van der Waals surface area contributed by atoms with Gasteiger partial charge in [-0.15, -0.1) is 11.3 Å². The number of nitrogens with zero attached hydrogens (tertiary/aromatic N) is 1. The molecule has 0 spiro atoms. The number of hydrogen-bond acceptors (Lipinski definition) is 4. The maximum absolute atomic E-state index is 13.0. The molecule has 3 unspecified atom stereocenters. The molecule has 0 saturated carbocycles. The Kier molecular flexibility index (Phi) is 5.09. The van der Waals surface area contributed by atoms with Crippen molar-refractivity contribution < 1.29 is 9.50 Å². The fraction of sp³-hybridized carbons (Fsp3) is 0.500. The number of nitrogens with one attached hydrogen (secondary N) is 1. The summed E-state index contributed by atoms with van der Waals surface area (Å²) in [4.78, 5) is 6.15. The molecule has 0 bridgehead atoms. The number of aromatic nitrogens is 1. The Bertz CT molecular complexity index is 656. The number of rotatable bonds is 5. The highest BCUT2D eigenvalue weighted by Gasteiger charge is 2.21. The standard InChI is InChI=1S/C18H23FN2OS/c1-11-3-8-15-16(9-11)23-17(21-15)10-20-12(2)18(22)13-4-6-14(19)7-5-13/h4-7,11-12,18,20,22H,3,8-10H2,1-2H3. The summed E-state index contributed by atoms with van der Waals surface area (Å²) in [7, 11) is 0. The quantitative estimate of drug-likeness (QED) is 0.878. The molecule has 5 heteroatoms. The van der Waals surface area contributed by atoms with Crippen molar-refractivity contribution in [3.05, 3.63) is 51.2 Å². The zero-order chi connectivity index (χ0) is 16.4. The molecule has 3 nitrogen and oxygen atoms in total. The van der Waals surface area contributed by atoms with Crippen molar-refractivity contribution in [2.24, 2.45) is 5.92 Å². The third-order valence-electron chi connectivity index (χ3n) is 4.49. The van der Waals surface area contributed by atoms with Crippen LogP contribution in [-0.4, -0.2) is 16.1 Å². The van der Waals surface area contributed by atoms with Crippen LogP contribution in [0.2, 0.25) is 0 Å². The molecule has 0 fully saturated rings. The third-order valence-corrected chi connectivity index (χ3v) is 5.61. The van der Waals surface area contributed by atoms with Crippen LogP contribution >= 0.6 is 11.3 Å². The molecule has 2 N–H and O–H groups in total. The van der Waals surface area contributed by atoms with Gasteiger partial charge in [0.05, 0.1) is 11.8 Å². The lowest BCUT2D eigenvalue weighted by Crippen LogP contribution is -2.31. The van der Waals surface area contributed by atoms with Crippen LogP contribution in [0, 0.1) is 11.7 Å². The molecule has 1 aromatic carbocycles. The fourth-order valence-corrected chi connectivity index (χ4v) is 4.21. The summed E-state index contributed by atoms with van der Waals surface area (Å²) in [5.74, 6) is 0.465. The topological polar surface area (TPSA) is 45.2 Å². The van der Waals surface area contributed by atoms with Gasteiger partial charge in [-0.3, -0.25) is 0 Å². The van der Waals surface area contributed by atoms with Crippen molar-refractivity contribution in [2.45, 2.75) is 51.8 Å². The maximum atomic E-state index is 13.0. The van der Waals surface area contributed by atoms with Crippen molar-refractivity contribution in [3.8, 4) is 0 Å². The highest BCUT2D eigenvalue weighted by atomic mass is 32.1. The SMILES string of the molecule is CC1CCc2nc(CNC(C)C(O)c3ccc(F)cc3)sc2C1. The molecule has 3 atom stereocenters. The molecule has 124 valence electrons. The minimum atomic E-state index is -0.662. The van der Waals surface area contributed by atoms with E-state index in [1.165, 1.54) is 29.1 Å². The van der Waals surface area contributed by atoms with Gasteiger partial charge in [0.2, 0.25) is 0 Å². The van der Waals surface area contributed by atoms with E-state index in [9.17, 15) is 9.50 Å². The van der Waals surface area contributed by atoms with Gasteiger partial charge in [-0.25, -0.2) is 9.37 Å². The predicted molar refractivity (Wildman–Crippen MR) is 91.0 cm³/mol. The van der Waals surface area contributed by atoms with E-state index < -0.39 is 6.10 Å². The number of thiazole rings is 1. The molecule has 1 aliphatic carbocycles. The van der Waals surface area contributed by atoms with Crippen LogP contribution in [0.3, 0.4) is 0 Å². The molecule has 1 aromatic heterocycles. The lowest BCUT2D eigenvalue weighted by Gasteiger charge is -2.20. The number of hydrogen-bond donors (Lipinski definition) is 2. The highest BCUT2D eigenvalue weighted by Crippen LogP contribution is 2.29. The maximum Gasteiger partial charge on any atom is 0.123 e. The van der Waals surface area contributed by atoms with E-state index in [1.807, 2.05) is 6.92 Å². The summed E-state index contributed by atoms with van der Waals surface area (Å²) in [5, 5.41) is 14.8. The molecule has 1 heterocycles. The molecular weight excluding hydrogens is 311 g/mol. The van der Waals surface area contributed by atoms with Gasteiger partial charge >= 0.3 is 0 Å². The minimum absolute atomic E-state index is 0.125. The smallest absolute Gasteiger partial charge is 0.123 e. The first kappa shape index (κ1) is 16.6. The second-order valence-corrected chi connectivity index (χ2v) is 7.66. The Hall–Kier alpha value is -1.30. The van der Waals surface area contributed by atoms with Gasteiger partial charge < -0.3 is 10.4 Å². The Morgan fingerprint density at radius 3 is 2.87 bits per heavy atom. The number of fused-ring (bicyclic) bond motifs is 1. The third kappa shape index (κ3) is 3.97. The first-order valence-electron chi connectivity index (χ1n) is 8.17. The molecule has 0 radical (unpaired) electrons. The van der Waals surface area contributed by atoms with Crippen molar-refractivity contribution in [2.75, 3.05) is 0 Å². The van der Waals surface area contributed by atoms with Gasteiger partial charge in [-0.05, 0) is 49.8 Å². The summed E-state index contributed by atoms with van der Waals surface area (Å²) in [5.41, 5.74) is 1.98. The molecule has 0 saturated heterocycles.